The van der Waals surface area contributed by atoms with Gasteiger partial charge in [-0.15, -0.1) is 0 Å². The minimum Gasteiger partial charge on any atom is -0.396 e. The predicted molar refractivity (Wildman–Crippen MR) is 74.8 cm³/mol. The SMILES string of the molecule is CN(Cc1nccn1C1CC1)CC1(CO)CCCC1. The van der Waals surface area contributed by atoms with E-state index in [1.165, 1.54) is 44.3 Å². The Morgan fingerprint density at radius 1 is 1.42 bits per heavy atom. The van der Waals surface area contributed by atoms with E-state index in [1.54, 1.807) is 0 Å². The van der Waals surface area contributed by atoms with Gasteiger partial charge in [0, 0.05) is 37.0 Å². The molecule has 4 nitrogen and oxygen atoms in total. The Morgan fingerprint density at radius 2 is 2.16 bits per heavy atom. The van der Waals surface area contributed by atoms with Gasteiger partial charge < -0.3 is 9.67 Å². The Labute approximate surface area is 115 Å². The highest BCUT2D eigenvalue weighted by Crippen LogP contribution is 2.39. The van der Waals surface area contributed by atoms with Crippen molar-refractivity contribution in [2.75, 3.05) is 20.2 Å². The lowest BCUT2D eigenvalue weighted by Gasteiger charge is -2.31. The Kier molecular flexibility index (Phi) is 3.63. The van der Waals surface area contributed by atoms with Crippen LogP contribution in [0.2, 0.25) is 0 Å². The molecule has 2 aliphatic carbocycles. The molecule has 3 rings (SSSR count). The van der Waals surface area contributed by atoms with E-state index in [2.05, 4.69) is 27.7 Å². The van der Waals surface area contributed by atoms with Crippen LogP contribution in [-0.4, -0.2) is 39.8 Å². The Bertz CT molecular complexity index is 419. The van der Waals surface area contributed by atoms with Gasteiger partial charge in [-0.3, -0.25) is 4.90 Å². The van der Waals surface area contributed by atoms with Gasteiger partial charge in [-0.2, -0.15) is 0 Å². The summed E-state index contributed by atoms with van der Waals surface area (Å²) in [7, 11) is 2.15. The number of nitrogens with zero attached hydrogens (tertiary/aromatic N) is 3. The van der Waals surface area contributed by atoms with Crippen LogP contribution in [0.3, 0.4) is 0 Å². The zero-order valence-electron chi connectivity index (χ0n) is 11.9. The van der Waals surface area contributed by atoms with Crippen molar-refractivity contribution < 1.29 is 5.11 Å². The molecule has 1 heterocycles. The molecule has 1 aromatic rings. The fourth-order valence-corrected chi connectivity index (χ4v) is 3.51. The van der Waals surface area contributed by atoms with Crippen molar-refractivity contribution in [3.8, 4) is 0 Å². The Balaban J connectivity index is 1.61. The van der Waals surface area contributed by atoms with Gasteiger partial charge in [0.1, 0.15) is 5.82 Å². The number of aliphatic hydroxyl groups excluding tert-OH is 1. The molecular weight excluding hydrogens is 238 g/mol. The summed E-state index contributed by atoms with van der Waals surface area (Å²) in [6.07, 6.45) is 11.5. The second kappa shape index (κ2) is 5.25. The molecule has 4 heteroatoms. The molecule has 0 spiro atoms. The zero-order valence-corrected chi connectivity index (χ0v) is 11.9. The van der Waals surface area contributed by atoms with Crippen LogP contribution in [0.5, 0.6) is 0 Å². The van der Waals surface area contributed by atoms with Gasteiger partial charge >= 0.3 is 0 Å². The highest BCUT2D eigenvalue weighted by Gasteiger charge is 2.34. The van der Waals surface area contributed by atoms with Crippen molar-refractivity contribution >= 4 is 0 Å². The summed E-state index contributed by atoms with van der Waals surface area (Å²) in [5, 5.41) is 9.70. The predicted octanol–water partition coefficient (Wildman–Crippen LogP) is 2.20. The normalized spacial score (nSPS) is 22.3. The van der Waals surface area contributed by atoms with Crippen LogP contribution < -0.4 is 0 Å². The fourth-order valence-electron chi connectivity index (χ4n) is 3.51. The molecule has 2 aliphatic rings. The zero-order chi connectivity index (χ0) is 13.3. The molecule has 2 saturated carbocycles. The molecule has 0 amide bonds. The monoisotopic (exact) mass is 263 g/mol. The summed E-state index contributed by atoms with van der Waals surface area (Å²) < 4.78 is 2.33. The molecule has 0 bridgehead atoms. The summed E-state index contributed by atoms with van der Waals surface area (Å²) in [5.74, 6) is 1.18. The van der Waals surface area contributed by atoms with Gasteiger partial charge in [0.2, 0.25) is 0 Å². The van der Waals surface area contributed by atoms with Crippen LogP contribution in [0.1, 0.15) is 50.4 Å². The number of aliphatic hydroxyl groups is 1. The van der Waals surface area contributed by atoms with Crippen LogP contribution in [-0.2, 0) is 6.54 Å². The third-order valence-electron chi connectivity index (χ3n) is 4.71. The van der Waals surface area contributed by atoms with E-state index in [9.17, 15) is 5.11 Å². The van der Waals surface area contributed by atoms with E-state index in [1.807, 2.05) is 6.20 Å². The first-order valence-corrected chi connectivity index (χ1v) is 7.54. The van der Waals surface area contributed by atoms with Crippen molar-refractivity contribution in [2.45, 2.75) is 51.1 Å². The van der Waals surface area contributed by atoms with E-state index in [0.29, 0.717) is 12.6 Å². The molecule has 2 fully saturated rings. The maximum Gasteiger partial charge on any atom is 0.123 e. The van der Waals surface area contributed by atoms with E-state index < -0.39 is 0 Å². The fraction of sp³-hybridized carbons (Fsp3) is 0.800. The van der Waals surface area contributed by atoms with Gasteiger partial charge in [0.05, 0.1) is 6.54 Å². The van der Waals surface area contributed by atoms with Crippen molar-refractivity contribution in [1.82, 2.24) is 14.5 Å². The van der Waals surface area contributed by atoms with E-state index >= 15 is 0 Å². The van der Waals surface area contributed by atoms with Crippen molar-refractivity contribution in [3.63, 3.8) is 0 Å². The maximum absolute atomic E-state index is 9.70. The number of hydrogen-bond acceptors (Lipinski definition) is 3. The van der Waals surface area contributed by atoms with Crippen LogP contribution in [0.15, 0.2) is 12.4 Å². The number of aromatic nitrogens is 2. The van der Waals surface area contributed by atoms with Crippen molar-refractivity contribution in [2.24, 2.45) is 5.41 Å². The quantitative estimate of drug-likeness (QED) is 0.855. The number of imidazole rings is 1. The summed E-state index contributed by atoms with van der Waals surface area (Å²) in [6, 6.07) is 0.698. The van der Waals surface area contributed by atoms with E-state index in [0.717, 1.165) is 13.1 Å². The molecule has 1 N–H and O–H groups in total. The second-order valence-corrected chi connectivity index (χ2v) is 6.52. The molecule has 0 atom stereocenters. The summed E-state index contributed by atoms with van der Waals surface area (Å²) in [5.41, 5.74) is 0.145. The van der Waals surface area contributed by atoms with Crippen molar-refractivity contribution in [3.05, 3.63) is 18.2 Å². The van der Waals surface area contributed by atoms with Gasteiger partial charge in [0.25, 0.3) is 0 Å². The first-order chi connectivity index (χ1) is 9.22. The molecule has 19 heavy (non-hydrogen) atoms. The van der Waals surface area contributed by atoms with Gasteiger partial charge in [0.15, 0.2) is 0 Å². The third-order valence-corrected chi connectivity index (χ3v) is 4.71. The van der Waals surface area contributed by atoms with Gasteiger partial charge in [-0.1, -0.05) is 12.8 Å². The van der Waals surface area contributed by atoms with Crippen LogP contribution in [0.4, 0.5) is 0 Å². The topological polar surface area (TPSA) is 41.3 Å². The average molecular weight is 263 g/mol. The standard InChI is InChI=1S/C15H25N3O/c1-17(11-15(12-19)6-2-3-7-15)10-14-16-8-9-18(14)13-4-5-13/h8-9,13,19H,2-7,10-12H2,1H3. The number of hydrogen-bond donors (Lipinski definition) is 1. The third kappa shape index (κ3) is 2.84. The molecule has 106 valence electrons. The Morgan fingerprint density at radius 3 is 2.79 bits per heavy atom. The molecule has 1 aromatic heterocycles. The molecule has 0 unspecified atom stereocenters. The van der Waals surface area contributed by atoms with E-state index in [4.69, 9.17) is 0 Å². The lowest BCUT2D eigenvalue weighted by Crippen LogP contribution is -2.36. The first-order valence-electron chi connectivity index (χ1n) is 7.54. The van der Waals surface area contributed by atoms with Crippen LogP contribution in [0, 0.1) is 5.41 Å². The molecule has 0 aromatic carbocycles. The first kappa shape index (κ1) is 13.1. The lowest BCUT2D eigenvalue weighted by atomic mass is 9.87. The van der Waals surface area contributed by atoms with Crippen LogP contribution in [0.25, 0.3) is 0 Å². The van der Waals surface area contributed by atoms with Crippen molar-refractivity contribution in [1.29, 1.82) is 0 Å². The lowest BCUT2D eigenvalue weighted by molar-refractivity contribution is 0.0850. The summed E-state index contributed by atoms with van der Waals surface area (Å²) >= 11 is 0. The number of rotatable bonds is 6. The average Bonchev–Trinajstić information content (AvgIpc) is 2.96. The second-order valence-electron chi connectivity index (χ2n) is 6.52. The largest absolute Gasteiger partial charge is 0.396 e. The van der Waals surface area contributed by atoms with Gasteiger partial charge in [-0.05, 0) is 32.7 Å². The summed E-state index contributed by atoms with van der Waals surface area (Å²) in [4.78, 5) is 6.84. The maximum atomic E-state index is 9.70. The molecular formula is C15H25N3O. The molecule has 0 radical (unpaired) electrons. The van der Waals surface area contributed by atoms with E-state index in [-0.39, 0.29) is 5.41 Å². The Hall–Kier alpha value is -0.870. The highest BCUT2D eigenvalue weighted by atomic mass is 16.3. The molecule has 0 aliphatic heterocycles. The van der Waals surface area contributed by atoms with Gasteiger partial charge in [-0.25, -0.2) is 4.98 Å². The smallest absolute Gasteiger partial charge is 0.123 e. The summed E-state index contributed by atoms with van der Waals surface area (Å²) in [6.45, 7) is 2.21. The minimum atomic E-state index is 0.145. The molecule has 0 saturated heterocycles. The minimum absolute atomic E-state index is 0.145. The highest BCUT2D eigenvalue weighted by molar-refractivity contribution is 4.99. The van der Waals surface area contributed by atoms with Crippen LogP contribution >= 0.6 is 0 Å².